The van der Waals surface area contributed by atoms with E-state index in [1.807, 2.05) is 0 Å². The zero-order valence-electron chi connectivity index (χ0n) is 23.3. The minimum atomic E-state index is -4.51. The smallest absolute Gasteiger partial charge is 0.417 e. The van der Waals surface area contributed by atoms with Gasteiger partial charge in [0.05, 0.1) is 22.8 Å². The standard InChI is InChI=1S/C15H11ClF3NO2.C9H10O2.C6H2Cl2F3N/c1-9(21)11-4-2-3-10(5-11)8-22-14-13(16)6-12(7-20-14)15(17,18)19;1-7(11)9-4-2-3-8(5-9)6-10;7-4-1-3(6(9,10)11)2-12-5(4)8/h2-7H,8H2,1H3;2-5,10H,6H2,1H3;1-2H. The molecule has 2 aromatic carbocycles. The molecule has 0 spiro atoms. The van der Waals surface area contributed by atoms with Crippen LogP contribution in [0.2, 0.25) is 15.2 Å². The van der Waals surface area contributed by atoms with Gasteiger partial charge in [0.1, 0.15) is 16.8 Å². The highest BCUT2D eigenvalue weighted by Crippen LogP contribution is 2.34. The molecule has 0 fully saturated rings. The molecule has 0 saturated carbocycles. The summed E-state index contributed by atoms with van der Waals surface area (Å²) in [5.41, 5.74) is 0.785. The predicted octanol–water partition coefficient (Wildman–Crippen LogP) is 9.32. The second-order valence-electron chi connectivity index (χ2n) is 8.96. The van der Waals surface area contributed by atoms with Crippen LogP contribution in [0.15, 0.2) is 73.1 Å². The summed E-state index contributed by atoms with van der Waals surface area (Å²) < 4.78 is 78.7. The van der Waals surface area contributed by atoms with Gasteiger partial charge in [0.15, 0.2) is 11.6 Å². The zero-order valence-corrected chi connectivity index (χ0v) is 25.6. The van der Waals surface area contributed by atoms with Gasteiger partial charge in [-0.25, -0.2) is 9.97 Å². The molecular weight excluding hydrogens is 673 g/mol. The number of ketones is 2. The highest BCUT2D eigenvalue weighted by molar-refractivity contribution is 6.41. The third-order valence-corrected chi connectivity index (χ3v) is 6.44. The number of halogens is 9. The topological polar surface area (TPSA) is 89.4 Å². The van der Waals surface area contributed by atoms with E-state index in [1.54, 1.807) is 48.5 Å². The van der Waals surface area contributed by atoms with Crippen LogP contribution in [0, 0.1) is 0 Å². The van der Waals surface area contributed by atoms with Crippen molar-refractivity contribution in [1.82, 2.24) is 9.97 Å². The summed E-state index contributed by atoms with van der Waals surface area (Å²) in [5, 5.41) is 8.17. The Morgan fingerprint density at radius 1 is 0.733 bits per heavy atom. The maximum Gasteiger partial charge on any atom is 0.417 e. The van der Waals surface area contributed by atoms with Crippen LogP contribution in [0.1, 0.15) is 56.8 Å². The summed E-state index contributed by atoms with van der Waals surface area (Å²) in [5.74, 6) is -0.157. The van der Waals surface area contributed by atoms with E-state index in [0.29, 0.717) is 29.1 Å². The summed E-state index contributed by atoms with van der Waals surface area (Å²) in [6, 6.07) is 15.2. The Labute approximate surface area is 268 Å². The van der Waals surface area contributed by atoms with Gasteiger partial charge >= 0.3 is 12.4 Å². The molecule has 0 aliphatic rings. The first-order valence-corrected chi connectivity index (χ1v) is 13.6. The molecule has 15 heteroatoms. The third kappa shape index (κ3) is 12.3. The number of hydrogen-bond donors (Lipinski definition) is 1. The van der Waals surface area contributed by atoms with Crippen molar-refractivity contribution in [2.45, 2.75) is 39.4 Å². The molecule has 0 bridgehead atoms. The fourth-order valence-electron chi connectivity index (χ4n) is 3.18. The number of Topliss-reactive ketones (excluding diaryl/α,β-unsaturated/α-hetero) is 2. The Bertz CT molecular complexity index is 1630. The van der Waals surface area contributed by atoms with Gasteiger partial charge in [0, 0.05) is 23.5 Å². The molecule has 0 amide bonds. The quantitative estimate of drug-likeness (QED) is 0.123. The molecule has 0 unspecified atom stereocenters. The van der Waals surface area contributed by atoms with E-state index >= 15 is 0 Å². The lowest BCUT2D eigenvalue weighted by molar-refractivity contribution is -0.138. The van der Waals surface area contributed by atoms with Crippen molar-refractivity contribution >= 4 is 46.4 Å². The van der Waals surface area contributed by atoms with Crippen LogP contribution in [-0.4, -0.2) is 26.6 Å². The molecule has 0 aliphatic carbocycles. The van der Waals surface area contributed by atoms with E-state index in [4.69, 9.17) is 44.6 Å². The normalized spacial score (nSPS) is 11.0. The number of hydrogen-bond acceptors (Lipinski definition) is 6. The van der Waals surface area contributed by atoms with E-state index in [-0.39, 0.29) is 45.9 Å². The summed E-state index contributed by atoms with van der Waals surface area (Å²) in [4.78, 5) is 28.9. The molecule has 0 radical (unpaired) electrons. The van der Waals surface area contributed by atoms with Crippen molar-refractivity contribution in [2.75, 3.05) is 0 Å². The van der Waals surface area contributed by atoms with E-state index in [2.05, 4.69) is 9.97 Å². The summed E-state index contributed by atoms with van der Waals surface area (Å²) >= 11 is 16.4. The van der Waals surface area contributed by atoms with Crippen molar-refractivity contribution in [2.24, 2.45) is 0 Å². The maximum absolute atomic E-state index is 12.5. The Hall–Kier alpha value is -3.71. The van der Waals surface area contributed by atoms with Crippen LogP contribution >= 0.6 is 34.8 Å². The molecule has 0 saturated heterocycles. The number of aliphatic hydroxyl groups is 1. The number of carbonyl (C=O) groups is 2. The summed E-state index contributed by atoms with van der Waals surface area (Å²) in [6.07, 6.45) is -7.65. The summed E-state index contributed by atoms with van der Waals surface area (Å²) in [6.45, 7) is 2.98. The SMILES string of the molecule is CC(=O)c1cccc(CO)c1.CC(=O)c1cccc(COc2ncc(C(F)(F)F)cc2Cl)c1.FC(F)(F)c1cnc(Cl)c(Cl)c1. The van der Waals surface area contributed by atoms with Crippen LogP contribution in [0.25, 0.3) is 0 Å². The lowest BCUT2D eigenvalue weighted by atomic mass is 10.1. The van der Waals surface area contributed by atoms with Crippen molar-refractivity contribution in [3.63, 3.8) is 0 Å². The Balaban J connectivity index is 0.000000259. The summed E-state index contributed by atoms with van der Waals surface area (Å²) in [7, 11) is 0. The second-order valence-corrected chi connectivity index (χ2v) is 10.1. The van der Waals surface area contributed by atoms with Gasteiger partial charge in [-0.3, -0.25) is 9.59 Å². The van der Waals surface area contributed by atoms with Gasteiger partial charge in [-0.05, 0) is 49.2 Å². The molecule has 0 aliphatic heterocycles. The molecule has 6 nitrogen and oxygen atoms in total. The largest absolute Gasteiger partial charge is 0.472 e. The minimum Gasteiger partial charge on any atom is -0.472 e. The fraction of sp³-hybridized carbons (Fsp3) is 0.200. The van der Waals surface area contributed by atoms with Crippen LogP contribution in [-0.2, 0) is 25.6 Å². The Morgan fingerprint density at radius 3 is 1.64 bits per heavy atom. The van der Waals surface area contributed by atoms with Gasteiger partial charge in [-0.1, -0.05) is 71.2 Å². The number of alkyl halides is 6. The Morgan fingerprint density at radius 2 is 1.20 bits per heavy atom. The number of pyridine rings is 2. The average molecular weight is 696 g/mol. The minimum absolute atomic E-state index is 0.0128. The van der Waals surface area contributed by atoms with E-state index in [0.717, 1.165) is 17.7 Å². The zero-order chi connectivity index (χ0) is 33.9. The van der Waals surface area contributed by atoms with Gasteiger partial charge in [-0.15, -0.1) is 0 Å². The number of benzene rings is 2. The first-order valence-electron chi connectivity index (χ1n) is 12.5. The molecule has 4 aromatic rings. The average Bonchev–Trinajstić information content (AvgIpc) is 2.97. The fourth-order valence-corrected chi connectivity index (χ4v) is 3.67. The first kappa shape index (κ1) is 37.5. The molecule has 2 heterocycles. The van der Waals surface area contributed by atoms with E-state index in [9.17, 15) is 35.9 Å². The van der Waals surface area contributed by atoms with E-state index in [1.165, 1.54) is 13.8 Å². The van der Waals surface area contributed by atoms with Gasteiger partial charge in [0.2, 0.25) is 5.88 Å². The van der Waals surface area contributed by atoms with Crippen molar-refractivity contribution in [3.05, 3.63) is 122 Å². The third-order valence-electron chi connectivity index (χ3n) is 5.48. The van der Waals surface area contributed by atoms with Crippen molar-refractivity contribution in [3.8, 4) is 5.88 Å². The Kier molecular flexibility index (Phi) is 13.8. The van der Waals surface area contributed by atoms with Gasteiger partial charge < -0.3 is 9.84 Å². The highest BCUT2D eigenvalue weighted by Gasteiger charge is 2.32. The lowest BCUT2D eigenvalue weighted by Gasteiger charge is -2.10. The number of nitrogens with zero attached hydrogens (tertiary/aromatic N) is 2. The number of aliphatic hydroxyl groups excluding tert-OH is 1. The van der Waals surface area contributed by atoms with Crippen molar-refractivity contribution in [1.29, 1.82) is 0 Å². The van der Waals surface area contributed by atoms with Crippen molar-refractivity contribution < 1.29 is 45.8 Å². The van der Waals surface area contributed by atoms with Crippen LogP contribution in [0.5, 0.6) is 5.88 Å². The van der Waals surface area contributed by atoms with Crippen LogP contribution < -0.4 is 4.74 Å². The molecule has 2 aromatic heterocycles. The predicted molar refractivity (Wildman–Crippen MR) is 157 cm³/mol. The van der Waals surface area contributed by atoms with Crippen LogP contribution in [0.3, 0.4) is 0 Å². The van der Waals surface area contributed by atoms with Gasteiger partial charge in [-0.2, -0.15) is 26.3 Å². The number of carbonyl (C=O) groups excluding carboxylic acids is 2. The second kappa shape index (κ2) is 16.6. The monoisotopic (exact) mass is 694 g/mol. The molecule has 240 valence electrons. The molecule has 4 rings (SSSR count). The number of ether oxygens (including phenoxy) is 1. The number of aromatic nitrogens is 2. The van der Waals surface area contributed by atoms with Crippen LogP contribution in [0.4, 0.5) is 26.3 Å². The molecule has 45 heavy (non-hydrogen) atoms. The molecule has 1 N–H and O–H groups in total. The molecule has 0 atom stereocenters. The highest BCUT2D eigenvalue weighted by atomic mass is 35.5. The lowest BCUT2D eigenvalue weighted by Crippen LogP contribution is -2.06. The number of rotatable bonds is 6. The first-order chi connectivity index (χ1) is 20.9. The van der Waals surface area contributed by atoms with E-state index < -0.39 is 23.5 Å². The van der Waals surface area contributed by atoms with Gasteiger partial charge in [0.25, 0.3) is 0 Å². The maximum atomic E-state index is 12.5. The molecular formula is C30H23Cl3F6N2O4.